The molecule has 0 aliphatic heterocycles. The van der Waals surface area contributed by atoms with Crippen LogP contribution in [0.5, 0.6) is 0 Å². The van der Waals surface area contributed by atoms with Gasteiger partial charge in [0.1, 0.15) is 11.3 Å². The van der Waals surface area contributed by atoms with E-state index < -0.39 is 182 Å². The maximum Gasteiger partial charge on any atom is 0.143 e. The highest BCUT2D eigenvalue weighted by Gasteiger charge is 2.25. The van der Waals surface area contributed by atoms with Crippen LogP contribution in [-0.2, 0) is 0 Å². The summed E-state index contributed by atoms with van der Waals surface area (Å²) in [6, 6.07) is -9.39. The predicted octanol–water partition coefficient (Wildman–Crippen LogP) is 11.4. The molecular formula is C40H26O. The monoisotopic (exact) mass is 543 g/mol. The second kappa shape index (κ2) is 9.66. The van der Waals surface area contributed by atoms with E-state index in [2.05, 4.69) is 0 Å². The van der Waals surface area contributed by atoms with Crippen LogP contribution >= 0.6 is 0 Å². The van der Waals surface area contributed by atoms with Crippen LogP contribution < -0.4 is 0 Å². The first kappa shape index (κ1) is 10.5. The average molecular weight is 544 g/mol. The second-order valence-corrected chi connectivity index (χ2v) is 8.88. The summed E-state index contributed by atoms with van der Waals surface area (Å²) in [6.45, 7) is 0. The molecule has 0 fully saturated rings. The standard InChI is InChI=1S/C40H26O/c1-4-15-27(16-5-1)30-25-14-26-35-38(39(41-40(30)35)29-19-8-3-9-20-29)37-33-23-12-10-21-31(33)36(28-17-6-2-7-18-28)32-22-11-13-24-34(32)37/h1-26H/i1D,3D,4D,5D,8D,9D,10D,11D,12D,13D,14D,15D,16D,19D,20D,21D,22D,23D,24D,25D,26D. The van der Waals surface area contributed by atoms with Crippen molar-refractivity contribution < 1.29 is 33.2 Å². The van der Waals surface area contributed by atoms with Crippen molar-refractivity contribution in [2.45, 2.75) is 0 Å². The smallest absolute Gasteiger partial charge is 0.143 e. The Balaban J connectivity index is 1.82. The second-order valence-electron chi connectivity index (χ2n) is 8.88. The molecule has 0 unspecified atom stereocenters. The van der Waals surface area contributed by atoms with Crippen LogP contribution in [0.2, 0.25) is 0 Å². The van der Waals surface area contributed by atoms with Crippen LogP contribution in [0.1, 0.15) is 28.8 Å². The van der Waals surface area contributed by atoms with Crippen LogP contribution in [0.15, 0.2) is 162 Å². The number of rotatable bonds is 4. The van der Waals surface area contributed by atoms with Crippen molar-refractivity contribution in [1.82, 2.24) is 0 Å². The van der Waals surface area contributed by atoms with Gasteiger partial charge in [0.05, 0.1) is 28.8 Å². The fourth-order valence-electron chi connectivity index (χ4n) is 5.04. The summed E-state index contributed by atoms with van der Waals surface area (Å²) < 4.78 is 193. The van der Waals surface area contributed by atoms with E-state index in [0.29, 0.717) is 0 Å². The lowest BCUT2D eigenvalue weighted by atomic mass is 9.84. The fourth-order valence-corrected chi connectivity index (χ4v) is 5.04. The van der Waals surface area contributed by atoms with Crippen LogP contribution in [0.3, 0.4) is 0 Å². The van der Waals surface area contributed by atoms with Crippen LogP contribution in [-0.4, -0.2) is 0 Å². The van der Waals surface area contributed by atoms with Crippen LogP contribution in [0.25, 0.3) is 77.2 Å². The Labute approximate surface area is 268 Å². The molecule has 0 bridgehead atoms. The molecule has 0 atom stereocenters. The lowest BCUT2D eigenvalue weighted by molar-refractivity contribution is 0.633. The molecule has 0 N–H and O–H groups in total. The molecule has 1 aromatic heterocycles. The van der Waals surface area contributed by atoms with E-state index in [0.717, 1.165) is 0 Å². The number of hydrogen-bond acceptors (Lipinski definition) is 1. The quantitative estimate of drug-likeness (QED) is 0.201. The van der Waals surface area contributed by atoms with Gasteiger partial charge in [-0.25, -0.2) is 0 Å². The van der Waals surface area contributed by atoms with Crippen LogP contribution in [0, 0.1) is 0 Å². The summed E-state index contributed by atoms with van der Waals surface area (Å²) in [5.41, 5.74) is -3.62. The van der Waals surface area contributed by atoms with Gasteiger partial charge < -0.3 is 4.42 Å². The summed E-state index contributed by atoms with van der Waals surface area (Å²) >= 11 is 0. The minimum Gasteiger partial charge on any atom is -0.455 e. The van der Waals surface area contributed by atoms with E-state index in [1.165, 1.54) is 0 Å². The molecule has 0 saturated carbocycles. The predicted molar refractivity (Wildman–Crippen MR) is 173 cm³/mol. The zero-order chi connectivity index (χ0) is 45.4. The van der Waals surface area contributed by atoms with Gasteiger partial charge in [-0.05, 0) is 38.2 Å². The maximum atomic E-state index is 9.42. The largest absolute Gasteiger partial charge is 0.455 e. The van der Waals surface area contributed by atoms with Gasteiger partial charge in [-0.1, -0.05) is 157 Å². The molecule has 1 heterocycles. The third kappa shape index (κ3) is 3.78. The first-order chi connectivity index (χ1) is 29.1. The summed E-state index contributed by atoms with van der Waals surface area (Å²) in [6.07, 6.45) is 0. The maximum absolute atomic E-state index is 9.42. The minimum atomic E-state index is -0.924. The molecule has 0 saturated heterocycles. The first-order valence-corrected chi connectivity index (χ1v) is 12.3. The van der Waals surface area contributed by atoms with Gasteiger partial charge >= 0.3 is 0 Å². The zero-order valence-electron chi connectivity index (χ0n) is 41.8. The molecule has 0 amide bonds. The molecule has 8 aromatic rings. The number of furan rings is 1. The highest BCUT2D eigenvalue weighted by atomic mass is 16.3. The topological polar surface area (TPSA) is 13.1 Å². The van der Waals surface area contributed by atoms with Crippen molar-refractivity contribution in [2.24, 2.45) is 0 Å². The Morgan fingerprint density at radius 2 is 0.902 bits per heavy atom. The Hall–Kier alpha value is -5.40. The van der Waals surface area contributed by atoms with Gasteiger partial charge in [-0.15, -0.1) is 0 Å². The summed E-state index contributed by atoms with van der Waals surface area (Å²) in [7, 11) is 0. The molecule has 192 valence electrons. The van der Waals surface area contributed by atoms with E-state index in [1.54, 1.807) is 30.3 Å². The van der Waals surface area contributed by atoms with Gasteiger partial charge in [0.2, 0.25) is 0 Å². The molecule has 8 rings (SSSR count). The van der Waals surface area contributed by atoms with Gasteiger partial charge in [-0.3, -0.25) is 0 Å². The van der Waals surface area contributed by atoms with Crippen LogP contribution in [0.4, 0.5) is 0 Å². The fraction of sp³-hybridized carbons (Fsp3) is 0. The highest BCUT2D eigenvalue weighted by Crippen LogP contribution is 2.50. The lowest BCUT2D eigenvalue weighted by Gasteiger charge is -2.18. The van der Waals surface area contributed by atoms with Crippen molar-refractivity contribution in [1.29, 1.82) is 0 Å². The number of fused-ring (bicyclic) bond motifs is 3. The number of para-hydroxylation sites is 1. The van der Waals surface area contributed by atoms with Gasteiger partial charge in [-0.2, -0.15) is 0 Å². The zero-order valence-corrected chi connectivity index (χ0v) is 20.8. The molecule has 1 nitrogen and oxygen atoms in total. The first-order valence-electron chi connectivity index (χ1n) is 22.8. The van der Waals surface area contributed by atoms with Crippen molar-refractivity contribution >= 4 is 32.5 Å². The van der Waals surface area contributed by atoms with Gasteiger partial charge in [0.15, 0.2) is 0 Å². The third-order valence-corrected chi connectivity index (χ3v) is 6.67. The van der Waals surface area contributed by atoms with E-state index in [4.69, 9.17) is 26.3 Å². The minimum absolute atomic E-state index is 0.0592. The van der Waals surface area contributed by atoms with Crippen molar-refractivity contribution in [3.8, 4) is 44.7 Å². The Morgan fingerprint density at radius 3 is 1.51 bits per heavy atom. The van der Waals surface area contributed by atoms with Gasteiger partial charge in [0, 0.05) is 27.6 Å². The Morgan fingerprint density at radius 1 is 0.390 bits per heavy atom. The Bertz CT molecular complexity index is 3220. The number of hydrogen-bond donors (Lipinski definition) is 0. The van der Waals surface area contributed by atoms with Crippen molar-refractivity contribution in [3.63, 3.8) is 0 Å². The molecule has 0 radical (unpaired) electrons. The molecule has 7 aromatic carbocycles. The molecule has 0 aliphatic rings. The average Bonchev–Trinajstić information content (AvgIpc) is 3.64. The molecule has 1 heteroatoms. The summed E-state index contributed by atoms with van der Waals surface area (Å²) in [4.78, 5) is 0. The molecule has 0 spiro atoms. The van der Waals surface area contributed by atoms with E-state index in [9.17, 15) is 6.85 Å². The highest BCUT2D eigenvalue weighted by molar-refractivity contribution is 6.25. The normalized spacial score (nSPS) is 18.6. The molecule has 41 heavy (non-hydrogen) atoms. The number of benzene rings is 7. The Kier molecular flexibility index (Phi) is 2.48. The summed E-state index contributed by atoms with van der Waals surface area (Å²) in [5.74, 6) is -0.751. The van der Waals surface area contributed by atoms with E-state index in [-0.39, 0.29) is 21.9 Å². The molecular weight excluding hydrogens is 496 g/mol. The van der Waals surface area contributed by atoms with Gasteiger partial charge in [0.25, 0.3) is 0 Å². The summed E-state index contributed by atoms with van der Waals surface area (Å²) in [5, 5.41) is -2.04. The van der Waals surface area contributed by atoms with Crippen molar-refractivity contribution in [2.75, 3.05) is 0 Å². The van der Waals surface area contributed by atoms with E-state index in [1.807, 2.05) is 0 Å². The van der Waals surface area contributed by atoms with E-state index >= 15 is 0 Å². The van der Waals surface area contributed by atoms with Crippen molar-refractivity contribution in [3.05, 3.63) is 157 Å². The SMILES string of the molecule is [2H]c1c([2H])c([2H])c(-c2oc3c(-c4c([2H])c([2H])c([2H])c([2H])c4[2H])c([2H])c([2H])c([2H])c3c2-c2c3c([2H])c([2H])c([2H])c([2H])c3c(-c3ccccc3)c3c([2H])c([2H])c([2H])c([2H])c23)c([2H])c1[2H]. The molecule has 0 aliphatic carbocycles. The third-order valence-electron chi connectivity index (χ3n) is 6.67. The lowest BCUT2D eigenvalue weighted by Crippen LogP contribution is -1.91.